The van der Waals surface area contributed by atoms with Crippen LogP contribution in [0.3, 0.4) is 0 Å². The second-order valence-corrected chi connectivity index (χ2v) is 5.99. The molecule has 0 aliphatic heterocycles. The predicted molar refractivity (Wildman–Crippen MR) is 68.3 cm³/mol. The van der Waals surface area contributed by atoms with Gasteiger partial charge in [0.15, 0.2) is 9.84 Å². The molecular weight excluding hydrogens is 252 g/mol. The standard InChI is InChI=1S/C13H14O4S/c1-3-4-5-8-18(16,17)12-9-11(13(14)15)7-6-10(12)2/h1,6-7,9H,4-5,8H2,2H3,(H,14,15). The van der Waals surface area contributed by atoms with Crippen LogP contribution in [-0.2, 0) is 9.84 Å². The van der Waals surface area contributed by atoms with E-state index in [0.717, 1.165) is 0 Å². The van der Waals surface area contributed by atoms with E-state index >= 15 is 0 Å². The molecule has 0 amide bonds. The number of sulfone groups is 1. The lowest BCUT2D eigenvalue weighted by Gasteiger charge is -2.08. The normalized spacial score (nSPS) is 10.9. The summed E-state index contributed by atoms with van der Waals surface area (Å²) < 4.78 is 24.1. The van der Waals surface area contributed by atoms with Gasteiger partial charge >= 0.3 is 5.97 Å². The molecule has 0 aliphatic rings. The largest absolute Gasteiger partial charge is 0.478 e. The van der Waals surface area contributed by atoms with Gasteiger partial charge in [0.05, 0.1) is 16.2 Å². The summed E-state index contributed by atoms with van der Waals surface area (Å²) in [5.41, 5.74) is 0.511. The van der Waals surface area contributed by atoms with Crippen LogP contribution in [0.25, 0.3) is 0 Å². The molecule has 0 saturated carbocycles. The number of terminal acetylenes is 1. The van der Waals surface area contributed by atoms with Gasteiger partial charge in [-0.1, -0.05) is 6.07 Å². The summed E-state index contributed by atoms with van der Waals surface area (Å²) in [6.45, 7) is 1.64. The Morgan fingerprint density at radius 3 is 2.67 bits per heavy atom. The van der Waals surface area contributed by atoms with E-state index in [1.165, 1.54) is 18.2 Å². The number of carboxylic acids is 1. The van der Waals surface area contributed by atoms with Crippen LogP contribution in [-0.4, -0.2) is 25.2 Å². The average Bonchev–Trinajstić information content (AvgIpc) is 2.29. The molecule has 0 unspecified atom stereocenters. The Balaban J connectivity index is 3.12. The molecule has 0 heterocycles. The summed E-state index contributed by atoms with van der Waals surface area (Å²) in [7, 11) is -3.48. The Morgan fingerprint density at radius 1 is 1.44 bits per heavy atom. The monoisotopic (exact) mass is 266 g/mol. The minimum Gasteiger partial charge on any atom is -0.478 e. The van der Waals surface area contributed by atoms with Gasteiger partial charge in [0.25, 0.3) is 0 Å². The van der Waals surface area contributed by atoms with Crippen molar-refractivity contribution >= 4 is 15.8 Å². The van der Waals surface area contributed by atoms with E-state index in [1.807, 2.05) is 0 Å². The van der Waals surface area contributed by atoms with Crippen molar-refractivity contribution in [2.75, 3.05) is 5.75 Å². The third-order valence-electron chi connectivity index (χ3n) is 2.50. The lowest BCUT2D eigenvalue weighted by molar-refractivity contribution is 0.0696. The summed E-state index contributed by atoms with van der Waals surface area (Å²) in [4.78, 5) is 10.9. The zero-order chi connectivity index (χ0) is 13.8. The number of carbonyl (C=O) groups is 1. The van der Waals surface area contributed by atoms with Gasteiger partial charge in [-0.25, -0.2) is 13.2 Å². The van der Waals surface area contributed by atoms with Crippen molar-refractivity contribution < 1.29 is 18.3 Å². The number of aromatic carboxylic acids is 1. The molecule has 0 radical (unpaired) electrons. The third kappa shape index (κ3) is 3.34. The number of benzene rings is 1. The summed E-state index contributed by atoms with van der Waals surface area (Å²) in [6, 6.07) is 4.08. The second kappa shape index (κ2) is 5.69. The van der Waals surface area contributed by atoms with E-state index in [0.29, 0.717) is 18.4 Å². The quantitative estimate of drug-likeness (QED) is 0.652. The van der Waals surface area contributed by atoms with Gasteiger partial charge in [0, 0.05) is 6.42 Å². The lowest BCUT2D eigenvalue weighted by Crippen LogP contribution is -2.10. The van der Waals surface area contributed by atoms with Gasteiger partial charge in [-0.15, -0.1) is 12.3 Å². The van der Waals surface area contributed by atoms with Crippen molar-refractivity contribution in [1.82, 2.24) is 0 Å². The molecular formula is C13H14O4S. The Labute approximate surface area is 107 Å². The Morgan fingerprint density at radius 2 is 2.11 bits per heavy atom. The van der Waals surface area contributed by atoms with E-state index in [-0.39, 0.29) is 16.2 Å². The number of carboxylic acid groups (broad SMARTS) is 1. The van der Waals surface area contributed by atoms with Crippen LogP contribution in [0.2, 0.25) is 0 Å². The number of rotatable bonds is 5. The van der Waals surface area contributed by atoms with E-state index in [2.05, 4.69) is 5.92 Å². The smallest absolute Gasteiger partial charge is 0.335 e. The maximum absolute atomic E-state index is 12.0. The minimum atomic E-state index is -3.48. The van der Waals surface area contributed by atoms with Crippen molar-refractivity contribution in [3.63, 3.8) is 0 Å². The number of unbranched alkanes of at least 4 members (excludes halogenated alkanes) is 1. The van der Waals surface area contributed by atoms with Crippen molar-refractivity contribution in [3.05, 3.63) is 29.3 Å². The average molecular weight is 266 g/mol. The number of aryl methyl sites for hydroxylation is 1. The fourth-order valence-electron chi connectivity index (χ4n) is 1.54. The van der Waals surface area contributed by atoms with Crippen molar-refractivity contribution in [1.29, 1.82) is 0 Å². The highest BCUT2D eigenvalue weighted by Crippen LogP contribution is 2.19. The highest BCUT2D eigenvalue weighted by molar-refractivity contribution is 7.91. The van der Waals surface area contributed by atoms with Crippen LogP contribution in [0.4, 0.5) is 0 Å². The third-order valence-corrected chi connectivity index (χ3v) is 4.44. The Hall–Kier alpha value is -1.80. The van der Waals surface area contributed by atoms with Crippen molar-refractivity contribution in [2.45, 2.75) is 24.7 Å². The van der Waals surface area contributed by atoms with E-state index in [4.69, 9.17) is 11.5 Å². The first-order valence-electron chi connectivity index (χ1n) is 5.38. The van der Waals surface area contributed by atoms with Crippen LogP contribution in [0.5, 0.6) is 0 Å². The summed E-state index contributed by atoms with van der Waals surface area (Å²) in [6.07, 6.45) is 5.82. The molecule has 18 heavy (non-hydrogen) atoms. The van der Waals surface area contributed by atoms with E-state index in [1.54, 1.807) is 6.92 Å². The SMILES string of the molecule is C#CCCCS(=O)(=O)c1cc(C(=O)O)ccc1C. The summed E-state index contributed by atoms with van der Waals surface area (Å²) in [5, 5.41) is 8.86. The Kier molecular flexibility index (Phi) is 4.51. The molecule has 0 atom stereocenters. The topological polar surface area (TPSA) is 71.4 Å². The number of hydrogen-bond acceptors (Lipinski definition) is 3. The van der Waals surface area contributed by atoms with Crippen LogP contribution < -0.4 is 0 Å². The molecule has 0 aliphatic carbocycles. The molecule has 5 heteroatoms. The van der Waals surface area contributed by atoms with E-state index < -0.39 is 15.8 Å². The molecule has 1 aromatic rings. The zero-order valence-corrected chi connectivity index (χ0v) is 10.8. The predicted octanol–water partition coefficient (Wildman–Crippen LogP) is 1.88. The fourth-order valence-corrected chi connectivity index (χ4v) is 3.15. The van der Waals surface area contributed by atoms with Gasteiger partial charge in [0.1, 0.15) is 0 Å². The van der Waals surface area contributed by atoms with Crippen LogP contribution in [0.1, 0.15) is 28.8 Å². The minimum absolute atomic E-state index is 0.0314. The number of hydrogen-bond donors (Lipinski definition) is 1. The molecule has 0 bridgehead atoms. The molecule has 0 saturated heterocycles. The maximum atomic E-state index is 12.0. The first kappa shape index (κ1) is 14.3. The molecule has 0 spiro atoms. The highest BCUT2D eigenvalue weighted by atomic mass is 32.2. The van der Waals surface area contributed by atoms with Crippen LogP contribution in [0.15, 0.2) is 23.1 Å². The first-order valence-corrected chi connectivity index (χ1v) is 7.04. The molecule has 96 valence electrons. The van der Waals surface area contributed by atoms with Crippen LogP contribution in [0, 0.1) is 19.3 Å². The molecule has 1 rings (SSSR count). The molecule has 1 aromatic carbocycles. The lowest BCUT2D eigenvalue weighted by atomic mass is 10.1. The zero-order valence-electron chi connectivity index (χ0n) is 10.0. The fraction of sp³-hybridized carbons (Fsp3) is 0.308. The molecule has 4 nitrogen and oxygen atoms in total. The van der Waals surface area contributed by atoms with Crippen molar-refractivity contribution in [2.24, 2.45) is 0 Å². The van der Waals surface area contributed by atoms with E-state index in [9.17, 15) is 13.2 Å². The van der Waals surface area contributed by atoms with Gasteiger partial charge in [-0.2, -0.15) is 0 Å². The van der Waals surface area contributed by atoms with Crippen LogP contribution >= 0.6 is 0 Å². The van der Waals surface area contributed by atoms with Gasteiger partial charge < -0.3 is 5.11 Å². The summed E-state index contributed by atoms with van der Waals surface area (Å²) in [5.74, 6) is 1.17. The molecule has 1 N–H and O–H groups in total. The molecule has 0 fully saturated rings. The Bertz CT molecular complexity index is 594. The van der Waals surface area contributed by atoms with Gasteiger partial charge in [-0.05, 0) is 31.0 Å². The summed E-state index contributed by atoms with van der Waals surface area (Å²) >= 11 is 0. The highest BCUT2D eigenvalue weighted by Gasteiger charge is 2.18. The van der Waals surface area contributed by atoms with Gasteiger partial charge in [-0.3, -0.25) is 0 Å². The van der Waals surface area contributed by atoms with Gasteiger partial charge in [0.2, 0.25) is 0 Å². The maximum Gasteiger partial charge on any atom is 0.335 e. The first-order chi connectivity index (χ1) is 8.38. The molecule has 0 aromatic heterocycles. The second-order valence-electron chi connectivity index (χ2n) is 3.91. The van der Waals surface area contributed by atoms with Crippen molar-refractivity contribution in [3.8, 4) is 12.3 Å².